The summed E-state index contributed by atoms with van der Waals surface area (Å²) in [4.78, 5) is 122. The van der Waals surface area contributed by atoms with E-state index in [-0.39, 0.29) is 27.8 Å². The highest BCUT2D eigenvalue weighted by Crippen LogP contribution is 2.26. The number of para-hydroxylation sites is 1. The first-order valence-corrected chi connectivity index (χ1v) is 32.8. The molecule has 102 heavy (non-hydrogen) atoms. The summed E-state index contributed by atoms with van der Waals surface area (Å²) in [5, 5.41) is 11.0. The van der Waals surface area contributed by atoms with Gasteiger partial charge in [0.15, 0.2) is 0 Å². The van der Waals surface area contributed by atoms with E-state index in [1.807, 2.05) is 127 Å². The molecule has 0 atom stereocenters. The standard InChI is InChI=1S/C23H17N3O3.C21H21N3O2.C19H17N3O2.C17H12BrN3O2/c27-22-21(14-17(15-25-22)16-10-12-24-13-11-16)23(28)26-18-6-8-20(9-7-18)29-19-4-2-1-3-5-19;1-14(2)16-5-4-6-18(11-16)23-20(25)19-12-17(13-24(3)21(19)26)15-7-9-22-10-8-15;1-2-13-3-5-16(6-4-13)22-19(24)17-11-15(12-21-18(17)23)14-7-9-20-10-8-14;18-13-1-3-14(4-2-13)21-17(23)15-9-12(10-20-16(15)22)11-5-7-19-8-6-11/h1-15H,(H,25,27)(H,26,28);4-14H,1-3H3,(H,23,25);3-12H,2H2,1H3,(H,21,23)(H,22,24);1-10H,(H,20,22)(H,21,23). The number of aromatic nitrogens is 8. The predicted molar refractivity (Wildman–Crippen MR) is 401 cm³/mol. The molecule has 7 N–H and O–H groups in total. The van der Waals surface area contributed by atoms with Gasteiger partial charge in [-0.15, -0.1) is 0 Å². The van der Waals surface area contributed by atoms with E-state index in [1.165, 1.54) is 10.1 Å². The van der Waals surface area contributed by atoms with Gasteiger partial charge in [0.1, 0.15) is 33.8 Å². The molecule has 0 aliphatic carbocycles. The molecule has 0 aliphatic heterocycles. The van der Waals surface area contributed by atoms with Gasteiger partial charge in [0.2, 0.25) is 0 Å². The molecule has 13 aromatic rings. The highest BCUT2D eigenvalue weighted by Gasteiger charge is 2.18. The number of aryl methyl sites for hydroxylation is 2. The molecule has 0 saturated heterocycles. The van der Waals surface area contributed by atoms with Crippen LogP contribution in [0.2, 0.25) is 0 Å². The van der Waals surface area contributed by atoms with E-state index in [9.17, 15) is 38.4 Å². The number of aromatic amines is 3. The number of anilines is 4. The summed E-state index contributed by atoms with van der Waals surface area (Å²) in [7, 11) is 1.64. The van der Waals surface area contributed by atoms with Crippen LogP contribution in [0.1, 0.15) is 79.2 Å². The number of nitrogens with zero attached hydrogens (tertiary/aromatic N) is 5. The Balaban J connectivity index is 0.000000147. The van der Waals surface area contributed by atoms with E-state index >= 15 is 0 Å². The van der Waals surface area contributed by atoms with Crippen molar-refractivity contribution in [2.45, 2.75) is 33.1 Å². The van der Waals surface area contributed by atoms with Crippen molar-refractivity contribution < 1.29 is 23.9 Å². The minimum Gasteiger partial charge on any atom is -0.457 e. The van der Waals surface area contributed by atoms with Gasteiger partial charge in [-0.25, -0.2) is 0 Å². The molecule has 0 spiro atoms. The molecule has 13 rings (SSSR count). The Labute approximate surface area is 593 Å². The number of benzene rings is 5. The van der Waals surface area contributed by atoms with Crippen LogP contribution in [0.5, 0.6) is 11.5 Å². The summed E-state index contributed by atoms with van der Waals surface area (Å²) in [6, 6.07) is 59.6. The van der Waals surface area contributed by atoms with E-state index < -0.39 is 40.3 Å². The normalized spacial score (nSPS) is 10.5. The summed E-state index contributed by atoms with van der Waals surface area (Å²) in [5.74, 6) is -0.0626. The van der Waals surface area contributed by atoms with Gasteiger partial charge < -0.3 is 45.5 Å². The first-order valence-electron chi connectivity index (χ1n) is 32.0. The van der Waals surface area contributed by atoms with Gasteiger partial charge in [0.25, 0.3) is 45.9 Å². The Morgan fingerprint density at radius 3 is 1.19 bits per heavy atom. The van der Waals surface area contributed by atoms with Crippen molar-refractivity contribution in [1.29, 1.82) is 0 Å². The van der Waals surface area contributed by atoms with Gasteiger partial charge in [-0.3, -0.25) is 58.3 Å². The van der Waals surface area contributed by atoms with E-state index in [2.05, 4.69) is 92.9 Å². The Kier molecular flexibility index (Phi) is 24.3. The summed E-state index contributed by atoms with van der Waals surface area (Å²) in [6.45, 7) is 6.25. The molecule has 0 bridgehead atoms. The Hall–Kier alpha value is -13.3. The van der Waals surface area contributed by atoms with Crippen LogP contribution >= 0.6 is 15.9 Å². The minimum absolute atomic E-state index is 0.0314. The molecule has 8 aromatic heterocycles. The maximum atomic E-state index is 12.7. The fourth-order valence-electron chi connectivity index (χ4n) is 10.0. The number of hydrogen-bond donors (Lipinski definition) is 7. The lowest BCUT2D eigenvalue weighted by Gasteiger charge is -2.11. The maximum Gasteiger partial charge on any atom is 0.263 e. The molecule has 508 valence electrons. The third-order valence-corrected chi connectivity index (χ3v) is 16.1. The topological polar surface area (TPSA) is 298 Å². The molecule has 0 aliphatic rings. The molecule has 0 radical (unpaired) electrons. The zero-order chi connectivity index (χ0) is 71.9. The van der Waals surface area contributed by atoms with Crippen LogP contribution in [0.25, 0.3) is 44.5 Å². The van der Waals surface area contributed by atoms with Crippen LogP contribution in [0.15, 0.2) is 298 Å². The number of carbonyl (C=O) groups is 4. The van der Waals surface area contributed by atoms with Crippen molar-refractivity contribution in [3.63, 3.8) is 0 Å². The first kappa shape index (κ1) is 71.4. The summed E-state index contributed by atoms with van der Waals surface area (Å²) >= 11 is 3.33. The summed E-state index contributed by atoms with van der Waals surface area (Å²) in [5.41, 5.74) is 9.96. The number of hydrogen-bond acceptors (Lipinski definition) is 13. The second-order valence-corrected chi connectivity index (χ2v) is 23.9. The molecule has 8 heterocycles. The van der Waals surface area contributed by atoms with Gasteiger partial charge in [-0.2, -0.15) is 0 Å². The third kappa shape index (κ3) is 19.7. The van der Waals surface area contributed by atoms with E-state index in [1.54, 1.807) is 154 Å². The van der Waals surface area contributed by atoms with Crippen LogP contribution in [-0.2, 0) is 13.5 Å². The number of halogens is 1. The minimum atomic E-state index is -0.487. The first-order chi connectivity index (χ1) is 49.4. The van der Waals surface area contributed by atoms with E-state index in [0.717, 1.165) is 66.7 Å². The Morgan fingerprint density at radius 1 is 0.412 bits per heavy atom. The number of amides is 4. The molecule has 5 aromatic carbocycles. The fraction of sp³-hybridized carbons (Fsp3) is 0.0750. The average molecular weight is 1420 g/mol. The van der Waals surface area contributed by atoms with E-state index in [0.29, 0.717) is 34.4 Å². The maximum absolute atomic E-state index is 12.7. The number of ether oxygens (including phenoxy) is 1. The van der Waals surface area contributed by atoms with Gasteiger partial charge in [0.05, 0.1) is 0 Å². The number of carbonyl (C=O) groups excluding carboxylic acids is 4. The van der Waals surface area contributed by atoms with Crippen molar-refractivity contribution >= 4 is 62.3 Å². The number of nitrogens with one attached hydrogen (secondary N) is 7. The predicted octanol–water partition coefficient (Wildman–Crippen LogP) is 15.0. The quantitative estimate of drug-likeness (QED) is 0.0474. The van der Waals surface area contributed by atoms with Gasteiger partial charge in [0, 0.05) is 109 Å². The summed E-state index contributed by atoms with van der Waals surface area (Å²) in [6.07, 6.45) is 20.7. The third-order valence-electron chi connectivity index (χ3n) is 15.6. The van der Waals surface area contributed by atoms with Crippen LogP contribution in [0.3, 0.4) is 0 Å². The van der Waals surface area contributed by atoms with Crippen molar-refractivity contribution in [1.82, 2.24) is 39.5 Å². The molecular formula is C80H67BrN12O9. The fourth-order valence-corrected chi connectivity index (χ4v) is 10.3. The van der Waals surface area contributed by atoms with E-state index in [4.69, 9.17) is 4.74 Å². The van der Waals surface area contributed by atoms with Crippen molar-refractivity contribution in [3.8, 4) is 56.0 Å². The molecule has 21 nitrogen and oxygen atoms in total. The second-order valence-electron chi connectivity index (χ2n) is 23.0. The zero-order valence-corrected chi connectivity index (χ0v) is 57.1. The highest BCUT2D eigenvalue weighted by atomic mass is 79.9. The van der Waals surface area contributed by atoms with Crippen LogP contribution < -0.4 is 48.2 Å². The van der Waals surface area contributed by atoms with Crippen molar-refractivity contribution in [2.75, 3.05) is 21.3 Å². The number of H-pyrrole nitrogens is 3. The Morgan fingerprint density at radius 2 is 0.775 bits per heavy atom. The second kappa shape index (κ2) is 34.7. The van der Waals surface area contributed by atoms with Gasteiger partial charge >= 0.3 is 0 Å². The number of pyridine rings is 8. The highest BCUT2D eigenvalue weighted by molar-refractivity contribution is 9.10. The van der Waals surface area contributed by atoms with Gasteiger partial charge in [-0.05, 0) is 226 Å². The summed E-state index contributed by atoms with van der Waals surface area (Å²) < 4.78 is 8.07. The molecule has 22 heteroatoms. The lowest BCUT2D eigenvalue weighted by atomic mass is 10.0. The van der Waals surface area contributed by atoms with Crippen molar-refractivity contribution in [2.24, 2.45) is 7.05 Å². The Bertz CT molecular complexity index is 5280. The average Bonchev–Trinajstić information content (AvgIpc) is 0.831. The lowest BCUT2D eigenvalue weighted by Crippen LogP contribution is -2.27. The van der Waals surface area contributed by atoms with Crippen LogP contribution in [0.4, 0.5) is 22.7 Å². The molecular weight excluding hydrogens is 1350 g/mol. The molecule has 0 fully saturated rings. The van der Waals surface area contributed by atoms with Crippen LogP contribution in [-0.4, -0.2) is 63.1 Å². The largest absolute Gasteiger partial charge is 0.457 e. The van der Waals surface area contributed by atoms with Crippen molar-refractivity contribution in [3.05, 3.63) is 354 Å². The van der Waals surface area contributed by atoms with Gasteiger partial charge in [-0.1, -0.05) is 79.2 Å². The smallest absolute Gasteiger partial charge is 0.263 e. The van der Waals surface area contributed by atoms with Crippen LogP contribution in [0, 0.1) is 0 Å². The zero-order valence-electron chi connectivity index (χ0n) is 55.6. The molecule has 0 unspecified atom stereocenters. The lowest BCUT2D eigenvalue weighted by molar-refractivity contribution is 0.101. The molecule has 0 saturated carbocycles. The molecule has 4 amide bonds. The number of rotatable bonds is 16. The SMILES string of the molecule is CC(C)c1cccc(NC(=O)c2cc(-c3ccncc3)cn(C)c2=O)c1.CCc1ccc(NC(=O)c2cc(-c3ccncc3)c[nH]c2=O)cc1.O=C(Nc1ccc(Br)cc1)c1cc(-c2ccncc2)c[nH]c1=O.O=C(Nc1ccc(Oc2ccccc2)cc1)c1cc(-c2ccncc2)c[nH]c1=O. The monoisotopic (exact) mass is 1420 g/mol.